The Morgan fingerprint density at radius 2 is 1.79 bits per heavy atom. The molecule has 0 aliphatic heterocycles. The fourth-order valence-corrected chi connectivity index (χ4v) is 5.70. The molecule has 0 radical (unpaired) electrons. The van der Waals surface area contributed by atoms with Gasteiger partial charge in [0.05, 0.1) is 16.0 Å². The highest BCUT2D eigenvalue weighted by Crippen LogP contribution is 2.33. The summed E-state index contributed by atoms with van der Waals surface area (Å²) in [5.74, 6) is -1.33. The molecular weight excluding hydrogens is 434 g/mol. The molecule has 3 rings (SSSR count). The number of primary sulfonamides is 1. The van der Waals surface area contributed by atoms with E-state index in [9.17, 15) is 21.6 Å². The van der Waals surface area contributed by atoms with Crippen molar-refractivity contribution >= 4 is 47.3 Å². The third-order valence-electron chi connectivity index (χ3n) is 4.09. The molecule has 0 saturated carbocycles. The van der Waals surface area contributed by atoms with Crippen LogP contribution in [-0.2, 0) is 24.7 Å². The van der Waals surface area contributed by atoms with E-state index in [1.54, 1.807) is 6.07 Å². The van der Waals surface area contributed by atoms with Crippen LogP contribution < -0.4 is 10.5 Å². The minimum atomic E-state index is -3.84. The van der Waals surface area contributed by atoms with E-state index in [0.717, 1.165) is 33.4 Å². The molecule has 0 saturated heterocycles. The maximum Gasteiger partial charge on any atom is 0.245 e. The lowest BCUT2D eigenvalue weighted by Gasteiger charge is -2.12. The Hall–Kier alpha value is -2.34. The largest absolute Gasteiger partial charge is 0.354 e. The van der Waals surface area contributed by atoms with Gasteiger partial charge in [-0.25, -0.2) is 27.0 Å². The van der Waals surface area contributed by atoms with Gasteiger partial charge in [0.15, 0.2) is 15.1 Å². The number of nitrogens with zero attached hydrogens (tertiary/aromatic N) is 1. The lowest BCUT2D eigenvalue weighted by atomic mass is 10.1. The van der Waals surface area contributed by atoms with Crippen molar-refractivity contribution in [3.63, 3.8) is 0 Å². The molecule has 29 heavy (non-hydrogen) atoms. The van der Waals surface area contributed by atoms with Crippen LogP contribution in [0, 0.1) is 0 Å². The van der Waals surface area contributed by atoms with Gasteiger partial charge in [0, 0.05) is 12.8 Å². The average molecular weight is 454 g/mol. The molecule has 1 atom stereocenters. The molecular formula is C18H19N3O5S3. The van der Waals surface area contributed by atoms with Crippen molar-refractivity contribution in [1.82, 2.24) is 10.3 Å². The van der Waals surface area contributed by atoms with Gasteiger partial charge in [0.25, 0.3) is 0 Å². The number of rotatable bonds is 7. The molecule has 0 spiro atoms. The SMILES string of the molecule is CS(=O)(=O)C(C(=O)NCCS(N)(=O)=O)c1nc2ccc(-c3ccccc3)cc2s1. The number of sulfonamides is 1. The van der Waals surface area contributed by atoms with Crippen molar-refractivity contribution in [2.24, 2.45) is 5.14 Å². The number of nitrogens with one attached hydrogen (secondary N) is 1. The van der Waals surface area contributed by atoms with Crippen molar-refractivity contribution < 1.29 is 21.6 Å². The summed E-state index contributed by atoms with van der Waals surface area (Å²) in [5.41, 5.74) is 2.53. The average Bonchev–Trinajstić information content (AvgIpc) is 3.02. The highest BCUT2D eigenvalue weighted by Gasteiger charge is 2.33. The second-order valence-corrected chi connectivity index (χ2v) is 11.4. The quantitative estimate of drug-likeness (QED) is 0.556. The summed E-state index contributed by atoms with van der Waals surface area (Å²) in [5, 5.41) is 5.81. The van der Waals surface area contributed by atoms with Crippen LogP contribution in [0.2, 0.25) is 0 Å². The topological polar surface area (TPSA) is 136 Å². The number of amides is 1. The van der Waals surface area contributed by atoms with E-state index < -0.39 is 36.8 Å². The fraction of sp³-hybridized carbons (Fsp3) is 0.222. The minimum absolute atomic E-state index is 0.126. The number of sulfone groups is 1. The summed E-state index contributed by atoms with van der Waals surface area (Å²) < 4.78 is 47.3. The van der Waals surface area contributed by atoms with E-state index in [-0.39, 0.29) is 11.6 Å². The Morgan fingerprint density at radius 3 is 2.41 bits per heavy atom. The maximum absolute atomic E-state index is 12.5. The molecule has 3 aromatic rings. The second-order valence-electron chi connectivity index (χ2n) is 6.47. The zero-order valence-electron chi connectivity index (χ0n) is 15.4. The normalized spacial score (nSPS) is 13.3. The summed E-state index contributed by atoms with van der Waals surface area (Å²) >= 11 is 1.11. The van der Waals surface area contributed by atoms with Gasteiger partial charge in [-0.15, -0.1) is 11.3 Å². The van der Waals surface area contributed by atoms with Gasteiger partial charge in [-0.05, 0) is 23.3 Å². The van der Waals surface area contributed by atoms with E-state index in [0.29, 0.717) is 5.52 Å². The zero-order valence-corrected chi connectivity index (χ0v) is 17.9. The summed E-state index contributed by atoms with van der Waals surface area (Å²) in [7, 11) is -7.61. The minimum Gasteiger partial charge on any atom is -0.354 e. The van der Waals surface area contributed by atoms with Crippen LogP contribution in [0.15, 0.2) is 48.5 Å². The fourth-order valence-electron chi connectivity index (χ4n) is 2.76. The lowest BCUT2D eigenvalue weighted by molar-refractivity contribution is -0.120. The molecule has 1 aromatic heterocycles. The smallest absolute Gasteiger partial charge is 0.245 e. The first kappa shape index (κ1) is 21.4. The molecule has 3 N–H and O–H groups in total. The molecule has 0 bridgehead atoms. The number of thiazole rings is 1. The molecule has 8 nitrogen and oxygen atoms in total. The first-order chi connectivity index (χ1) is 13.5. The number of carbonyl (C=O) groups excluding carboxylic acids is 1. The standard InChI is InChI=1S/C18H19N3O5S3/c1-28(23,24)16(17(22)20-9-10-29(19,25)26)18-21-14-8-7-13(11-15(14)27-18)12-5-3-2-4-6-12/h2-8,11,16H,9-10H2,1H3,(H,20,22)(H2,19,25,26). The van der Waals surface area contributed by atoms with Crippen molar-refractivity contribution in [3.05, 3.63) is 53.5 Å². The molecule has 11 heteroatoms. The van der Waals surface area contributed by atoms with Crippen LogP contribution in [-0.4, -0.2) is 46.3 Å². The van der Waals surface area contributed by atoms with Crippen molar-refractivity contribution in [1.29, 1.82) is 0 Å². The monoisotopic (exact) mass is 453 g/mol. The van der Waals surface area contributed by atoms with Crippen LogP contribution in [0.25, 0.3) is 21.3 Å². The van der Waals surface area contributed by atoms with Gasteiger partial charge in [-0.3, -0.25) is 4.79 Å². The Labute approximate surface area is 172 Å². The van der Waals surface area contributed by atoms with E-state index in [4.69, 9.17) is 5.14 Å². The number of hydrogen-bond donors (Lipinski definition) is 2. The molecule has 1 amide bonds. The number of fused-ring (bicyclic) bond motifs is 1. The van der Waals surface area contributed by atoms with E-state index in [2.05, 4.69) is 10.3 Å². The van der Waals surface area contributed by atoms with Gasteiger partial charge < -0.3 is 5.32 Å². The maximum atomic E-state index is 12.5. The van der Waals surface area contributed by atoms with Crippen molar-refractivity contribution in [2.75, 3.05) is 18.6 Å². The lowest BCUT2D eigenvalue weighted by Crippen LogP contribution is -2.37. The predicted molar refractivity (Wildman–Crippen MR) is 114 cm³/mol. The molecule has 0 fully saturated rings. The molecule has 0 aliphatic rings. The van der Waals surface area contributed by atoms with Gasteiger partial charge in [-0.1, -0.05) is 36.4 Å². The van der Waals surface area contributed by atoms with Crippen LogP contribution in [0.1, 0.15) is 10.3 Å². The van der Waals surface area contributed by atoms with Crippen LogP contribution >= 0.6 is 11.3 Å². The third kappa shape index (κ3) is 5.38. The van der Waals surface area contributed by atoms with Gasteiger partial charge >= 0.3 is 0 Å². The predicted octanol–water partition coefficient (Wildman–Crippen LogP) is 1.45. The number of aromatic nitrogens is 1. The number of benzene rings is 2. The Balaban J connectivity index is 1.93. The molecule has 1 unspecified atom stereocenters. The summed E-state index contributed by atoms with van der Waals surface area (Å²) in [6.45, 7) is -0.285. The molecule has 2 aromatic carbocycles. The highest BCUT2D eigenvalue weighted by molar-refractivity contribution is 7.91. The first-order valence-electron chi connectivity index (χ1n) is 8.47. The molecule has 1 heterocycles. The van der Waals surface area contributed by atoms with Crippen molar-refractivity contribution in [2.45, 2.75) is 5.25 Å². The zero-order chi connectivity index (χ0) is 21.2. The van der Waals surface area contributed by atoms with Crippen LogP contribution in [0.4, 0.5) is 0 Å². The highest BCUT2D eigenvalue weighted by atomic mass is 32.2. The number of hydrogen-bond acceptors (Lipinski definition) is 7. The van der Waals surface area contributed by atoms with E-state index in [1.165, 1.54) is 0 Å². The van der Waals surface area contributed by atoms with E-state index >= 15 is 0 Å². The van der Waals surface area contributed by atoms with Crippen LogP contribution in [0.3, 0.4) is 0 Å². The molecule has 154 valence electrons. The van der Waals surface area contributed by atoms with Gasteiger partial charge in [0.2, 0.25) is 15.9 Å². The summed E-state index contributed by atoms with van der Waals surface area (Å²) in [4.78, 5) is 16.8. The first-order valence-corrected chi connectivity index (χ1v) is 13.0. The Morgan fingerprint density at radius 1 is 1.10 bits per heavy atom. The number of carbonyl (C=O) groups is 1. The third-order valence-corrected chi connectivity index (χ3v) is 7.39. The van der Waals surface area contributed by atoms with E-state index in [1.807, 2.05) is 42.5 Å². The Kier molecular flexibility index (Phi) is 6.03. The summed E-state index contributed by atoms with van der Waals surface area (Å²) in [6, 6.07) is 15.2. The number of nitrogens with two attached hydrogens (primary N) is 1. The van der Waals surface area contributed by atoms with Gasteiger partial charge in [-0.2, -0.15) is 0 Å². The van der Waals surface area contributed by atoms with Crippen molar-refractivity contribution in [3.8, 4) is 11.1 Å². The van der Waals surface area contributed by atoms with Gasteiger partial charge in [0.1, 0.15) is 5.01 Å². The Bertz CT molecular complexity index is 1250. The second kappa shape index (κ2) is 8.19. The molecule has 0 aliphatic carbocycles. The summed E-state index contributed by atoms with van der Waals surface area (Å²) in [6.07, 6.45) is 0.943. The van der Waals surface area contributed by atoms with Crippen LogP contribution in [0.5, 0.6) is 0 Å².